The predicted octanol–water partition coefficient (Wildman–Crippen LogP) is 2.69. The molecule has 2 heterocycles. The highest BCUT2D eigenvalue weighted by Crippen LogP contribution is 2.36. The molecule has 0 radical (unpaired) electrons. The SMILES string of the molecule is Cn1c(=O)n(CC(C)(C)C)c2ccc(B3OC(C)(C)C(C)(C)O3)cc21. The van der Waals surface area contributed by atoms with E-state index in [1.54, 1.807) is 4.57 Å². The van der Waals surface area contributed by atoms with Crippen molar-refractivity contribution >= 4 is 23.6 Å². The van der Waals surface area contributed by atoms with Gasteiger partial charge in [-0.05, 0) is 50.7 Å². The number of benzene rings is 1. The van der Waals surface area contributed by atoms with E-state index in [-0.39, 0.29) is 22.3 Å². The number of imidazole rings is 1. The Hall–Kier alpha value is -1.53. The molecule has 0 aliphatic carbocycles. The average molecular weight is 344 g/mol. The molecule has 1 aromatic carbocycles. The zero-order valence-corrected chi connectivity index (χ0v) is 16.6. The van der Waals surface area contributed by atoms with Crippen LogP contribution >= 0.6 is 0 Å². The molecule has 0 N–H and O–H groups in total. The van der Waals surface area contributed by atoms with Gasteiger partial charge < -0.3 is 9.31 Å². The Morgan fingerprint density at radius 1 is 1.04 bits per heavy atom. The molecule has 1 saturated heterocycles. The molecule has 0 atom stereocenters. The lowest BCUT2D eigenvalue weighted by atomic mass is 9.79. The number of aryl methyl sites for hydroxylation is 1. The fourth-order valence-electron chi connectivity index (χ4n) is 3.18. The molecule has 0 amide bonds. The van der Waals surface area contributed by atoms with Crippen LogP contribution in [0.1, 0.15) is 48.5 Å². The van der Waals surface area contributed by atoms with Gasteiger partial charge >= 0.3 is 12.8 Å². The Kier molecular flexibility index (Phi) is 4.01. The smallest absolute Gasteiger partial charge is 0.399 e. The van der Waals surface area contributed by atoms with Crippen LogP contribution in [0.5, 0.6) is 0 Å². The number of rotatable bonds is 2. The third kappa shape index (κ3) is 3.06. The molecular weight excluding hydrogens is 315 g/mol. The first kappa shape index (κ1) is 18.3. The lowest BCUT2D eigenvalue weighted by Gasteiger charge is -2.32. The van der Waals surface area contributed by atoms with Crippen molar-refractivity contribution < 1.29 is 9.31 Å². The highest BCUT2D eigenvalue weighted by molar-refractivity contribution is 6.62. The number of nitrogens with zero attached hydrogens (tertiary/aromatic N) is 2. The summed E-state index contributed by atoms with van der Waals surface area (Å²) in [7, 11) is 1.40. The first-order chi connectivity index (χ1) is 11.3. The topological polar surface area (TPSA) is 45.4 Å². The summed E-state index contributed by atoms with van der Waals surface area (Å²) in [6.45, 7) is 15.3. The van der Waals surface area contributed by atoms with Crippen molar-refractivity contribution in [1.82, 2.24) is 9.13 Å². The van der Waals surface area contributed by atoms with E-state index >= 15 is 0 Å². The Balaban J connectivity index is 2.05. The van der Waals surface area contributed by atoms with E-state index in [9.17, 15) is 4.79 Å². The molecule has 2 aromatic rings. The molecule has 1 fully saturated rings. The maximum atomic E-state index is 12.7. The molecule has 25 heavy (non-hydrogen) atoms. The second kappa shape index (κ2) is 5.48. The predicted molar refractivity (Wildman–Crippen MR) is 102 cm³/mol. The van der Waals surface area contributed by atoms with E-state index in [0.29, 0.717) is 6.54 Å². The zero-order valence-electron chi connectivity index (χ0n) is 16.6. The van der Waals surface area contributed by atoms with Crippen LogP contribution in [0.2, 0.25) is 0 Å². The summed E-state index contributed by atoms with van der Waals surface area (Å²) < 4.78 is 15.8. The Labute approximate surface area is 150 Å². The van der Waals surface area contributed by atoms with E-state index in [2.05, 4.69) is 20.8 Å². The minimum absolute atomic E-state index is 0.0102. The van der Waals surface area contributed by atoms with E-state index in [1.165, 1.54) is 0 Å². The second-order valence-electron chi connectivity index (χ2n) is 9.32. The Bertz CT molecular complexity index is 855. The maximum Gasteiger partial charge on any atom is 0.494 e. The van der Waals surface area contributed by atoms with Crippen LogP contribution in [0.4, 0.5) is 0 Å². The van der Waals surface area contributed by atoms with Crippen molar-refractivity contribution in [2.24, 2.45) is 12.5 Å². The van der Waals surface area contributed by atoms with Crippen molar-refractivity contribution in [2.75, 3.05) is 0 Å². The molecule has 0 spiro atoms. The van der Waals surface area contributed by atoms with Gasteiger partial charge in [0.2, 0.25) is 0 Å². The largest absolute Gasteiger partial charge is 0.494 e. The lowest BCUT2D eigenvalue weighted by Crippen LogP contribution is -2.41. The van der Waals surface area contributed by atoms with Gasteiger partial charge in [0.05, 0.1) is 22.2 Å². The number of hydrogen-bond donors (Lipinski definition) is 0. The molecule has 1 aliphatic heterocycles. The van der Waals surface area contributed by atoms with Crippen LogP contribution in [0.15, 0.2) is 23.0 Å². The minimum atomic E-state index is -0.421. The summed E-state index contributed by atoms with van der Waals surface area (Å²) in [6, 6.07) is 6.02. The van der Waals surface area contributed by atoms with Gasteiger partial charge in [-0.1, -0.05) is 26.8 Å². The third-order valence-electron chi connectivity index (χ3n) is 5.33. The minimum Gasteiger partial charge on any atom is -0.399 e. The summed E-state index contributed by atoms with van der Waals surface area (Å²) in [5.74, 6) is 0. The van der Waals surface area contributed by atoms with E-state index < -0.39 is 7.12 Å². The standard InChI is InChI=1S/C19H29BN2O3/c1-17(2,3)12-22-14-10-9-13(11-15(14)21(8)16(22)23)20-24-18(4,5)19(6,7)25-20/h9-11H,12H2,1-8H3. The van der Waals surface area contributed by atoms with Gasteiger partial charge in [-0.2, -0.15) is 0 Å². The molecule has 0 bridgehead atoms. The molecule has 136 valence electrons. The summed E-state index contributed by atoms with van der Waals surface area (Å²) in [5, 5.41) is 0. The van der Waals surface area contributed by atoms with Crippen molar-refractivity contribution in [3.63, 3.8) is 0 Å². The highest BCUT2D eigenvalue weighted by Gasteiger charge is 2.51. The fourth-order valence-corrected chi connectivity index (χ4v) is 3.18. The van der Waals surface area contributed by atoms with Gasteiger partial charge in [0.15, 0.2) is 0 Å². The lowest BCUT2D eigenvalue weighted by molar-refractivity contribution is 0.00578. The highest BCUT2D eigenvalue weighted by atomic mass is 16.7. The molecule has 5 nitrogen and oxygen atoms in total. The monoisotopic (exact) mass is 344 g/mol. The van der Waals surface area contributed by atoms with Crippen LogP contribution in [-0.4, -0.2) is 27.5 Å². The van der Waals surface area contributed by atoms with Gasteiger partial charge in [-0.3, -0.25) is 9.13 Å². The second-order valence-corrected chi connectivity index (χ2v) is 9.32. The van der Waals surface area contributed by atoms with Gasteiger partial charge in [0.1, 0.15) is 0 Å². The number of aromatic nitrogens is 2. The van der Waals surface area contributed by atoms with Gasteiger partial charge in [0.25, 0.3) is 0 Å². The van der Waals surface area contributed by atoms with Crippen LogP contribution in [0.3, 0.4) is 0 Å². The van der Waals surface area contributed by atoms with Gasteiger partial charge in [0, 0.05) is 13.6 Å². The molecule has 1 aliphatic rings. The fraction of sp³-hybridized carbons (Fsp3) is 0.632. The third-order valence-corrected chi connectivity index (χ3v) is 5.33. The molecule has 1 aromatic heterocycles. The number of fused-ring (bicyclic) bond motifs is 1. The maximum absolute atomic E-state index is 12.7. The number of hydrogen-bond acceptors (Lipinski definition) is 3. The van der Waals surface area contributed by atoms with E-state index in [4.69, 9.17) is 9.31 Å². The summed E-state index contributed by atoms with van der Waals surface area (Å²) in [4.78, 5) is 12.7. The quantitative estimate of drug-likeness (QED) is 0.787. The van der Waals surface area contributed by atoms with Crippen molar-refractivity contribution in [1.29, 1.82) is 0 Å². The van der Waals surface area contributed by atoms with E-state index in [0.717, 1.165) is 16.5 Å². The van der Waals surface area contributed by atoms with E-state index in [1.807, 2.05) is 57.5 Å². The van der Waals surface area contributed by atoms with Crippen LogP contribution in [0.25, 0.3) is 11.0 Å². The van der Waals surface area contributed by atoms with Crippen molar-refractivity contribution in [3.05, 3.63) is 28.7 Å². The van der Waals surface area contributed by atoms with Crippen molar-refractivity contribution in [2.45, 2.75) is 66.2 Å². The molecular formula is C19H29BN2O3. The van der Waals surface area contributed by atoms with Crippen molar-refractivity contribution in [3.8, 4) is 0 Å². The summed E-state index contributed by atoms with van der Waals surface area (Å²) in [5.41, 5.74) is 2.07. The molecule has 6 heteroatoms. The van der Waals surface area contributed by atoms with Crippen LogP contribution in [0, 0.1) is 5.41 Å². The normalized spacial score (nSPS) is 19.8. The molecule has 0 unspecified atom stereocenters. The Morgan fingerprint density at radius 3 is 2.12 bits per heavy atom. The first-order valence-electron chi connectivity index (χ1n) is 8.87. The summed E-state index contributed by atoms with van der Waals surface area (Å²) in [6.07, 6.45) is 0. The Morgan fingerprint density at radius 2 is 1.60 bits per heavy atom. The van der Waals surface area contributed by atoms with Gasteiger partial charge in [-0.25, -0.2) is 4.79 Å². The van der Waals surface area contributed by atoms with Gasteiger partial charge in [-0.15, -0.1) is 0 Å². The molecule has 3 rings (SSSR count). The van der Waals surface area contributed by atoms with Crippen LogP contribution in [-0.2, 0) is 22.9 Å². The summed E-state index contributed by atoms with van der Waals surface area (Å²) >= 11 is 0. The average Bonchev–Trinajstić information content (AvgIpc) is 2.82. The van der Waals surface area contributed by atoms with Crippen LogP contribution < -0.4 is 11.2 Å². The first-order valence-corrected chi connectivity index (χ1v) is 8.87. The zero-order chi connectivity index (χ0) is 18.8. The molecule has 0 saturated carbocycles.